The molecule has 1 amide bonds. The number of hydrogen-bond donors (Lipinski definition) is 1. The van der Waals surface area contributed by atoms with E-state index in [2.05, 4.69) is 14.9 Å². The topological polar surface area (TPSA) is 61.5 Å². The zero-order valence-electron chi connectivity index (χ0n) is 15.1. The molecule has 0 unspecified atom stereocenters. The molecule has 1 aromatic heterocycles. The Bertz CT molecular complexity index is 647. The van der Waals surface area contributed by atoms with Gasteiger partial charge in [0.15, 0.2) is 5.15 Å². The lowest BCUT2D eigenvalue weighted by molar-refractivity contribution is -0.00504. The number of hydrogen-bond acceptors (Lipinski definition) is 4. The van der Waals surface area contributed by atoms with Gasteiger partial charge in [0.25, 0.3) is 0 Å². The van der Waals surface area contributed by atoms with E-state index in [1.807, 2.05) is 11.8 Å². The van der Waals surface area contributed by atoms with E-state index in [4.69, 9.17) is 27.9 Å². The number of piperidine rings is 1. The predicted octanol–water partition coefficient (Wildman–Crippen LogP) is 3.91. The molecule has 6 nitrogen and oxygen atoms in total. The number of aromatic amines is 1. The number of amides is 1. The third-order valence-electron chi connectivity index (χ3n) is 6.37. The molecule has 3 fully saturated rings. The molecular formula is C18H26Cl2N4O2. The largest absolute Gasteiger partial charge is 0.450 e. The van der Waals surface area contributed by atoms with Crippen LogP contribution in [0.25, 0.3) is 0 Å². The summed E-state index contributed by atoms with van der Waals surface area (Å²) in [5, 5.41) is 0.815. The van der Waals surface area contributed by atoms with Crippen LogP contribution in [-0.2, 0) is 4.74 Å². The molecule has 0 atom stereocenters. The van der Waals surface area contributed by atoms with Gasteiger partial charge in [-0.2, -0.15) is 0 Å². The molecule has 4 rings (SSSR count). The van der Waals surface area contributed by atoms with Crippen molar-refractivity contribution in [2.24, 2.45) is 5.41 Å². The minimum Gasteiger partial charge on any atom is -0.450 e. The first-order valence-corrected chi connectivity index (χ1v) is 10.3. The van der Waals surface area contributed by atoms with E-state index >= 15 is 0 Å². The van der Waals surface area contributed by atoms with Crippen LogP contribution in [0.2, 0.25) is 10.3 Å². The monoisotopic (exact) mass is 400 g/mol. The fraction of sp³-hybridized carbons (Fsp3) is 0.778. The SMILES string of the molecule is CCOC(=O)N1CCC2(CC(N3CCC(c4nc(Cl)c(Cl)[nH]4)CC3)C2)C1. The first kappa shape index (κ1) is 18.4. The fourth-order valence-corrected chi connectivity index (χ4v) is 5.19. The Morgan fingerprint density at radius 3 is 2.65 bits per heavy atom. The summed E-state index contributed by atoms with van der Waals surface area (Å²) in [6.45, 7) is 6.19. The van der Waals surface area contributed by atoms with Gasteiger partial charge in [-0.3, -0.25) is 0 Å². The van der Waals surface area contributed by atoms with Gasteiger partial charge in [0.2, 0.25) is 0 Å². The molecule has 2 aliphatic heterocycles. The van der Waals surface area contributed by atoms with E-state index in [1.54, 1.807) is 0 Å². The molecule has 144 valence electrons. The third-order valence-corrected chi connectivity index (χ3v) is 7.02. The highest BCUT2D eigenvalue weighted by atomic mass is 35.5. The molecule has 26 heavy (non-hydrogen) atoms. The summed E-state index contributed by atoms with van der Waals surface area (Å²) in [6, 6.07) is 0.655. The Morgan fingerprint density at radius 2 is 2.04 bits per heavy atom. The summed E-state index contributed by atoms with van der Waals surface area (Å²) in [7, 11) is 0. The minimum atomic E-state index is -0.149. The van der Waals surface area contributed by atoms with Crippen molar-refractivity contribution in [2.75, 3.05) is 32.8 Å². The first-order valence-electron chi connectivity index (χ1n) is 9.56. The lowest BCUT2D eigenvalue weighted by Gasteiger charge is -2.51. The lowest BCUT2D eigenvalue weighted by atomic mass is 9.64. The zero-order valence-corrected chi connectivity index (χ0v) is 16.7. The van der Waals surface area contributed by atoms with E-state index in [1.165, 1.54) is 12.8 Å². The average molecular weight is 401 g/mol. The Morgan fingerprint density at radius 1 is 1.31 bits per heavy atom. The Balaban J connectivity index is 1.25. The van der Waals surface area contributed by atoms with Crippen molar-refractivity contribution in [3.05, 3.63) is 16.1 Å². The number of H-pyrrole nitrogens is 1. The predicted molar refractivity (Wildman–Crippen MR) is 101 cm³/mol. The van der Waals surface area contributed by atoms with E-state index in [9.17, 15) is 4.79 Å². The smallest absolute Gasteiger partial charge is 0.409 e. The molecule has 0 bridgehead atoms. The van der Waals surface area contributed by atoms with Gasteiger partial charge < -0.3 is 19.5 Å². The van der Waals surface area contributed by atoms with Gasteiger partial charge in [-0.1, -0.05) is 23.2 Å². The van der Waals surface area contributed by atoms with Crippen LogP contribution >= 0.6 is 23.2 Å². The number of nitrogens with one attached hydrogen (secondary N) is 1. The number of carbonyl (C=O) groups excluding carboxylic acids is 1. The summed E-state index contributed by atoms with van der Waals surface area (Å²) in [6.07, 6.45) is 5.53. The zero-order chi connectivity index (χ0) is 18.3. The third kappa shape index (κ3) is 3.43. The molecule has 1 aromatic rings. The van der Waals surface area contributed by atoms with Gasteiger partial charge in [-0.15, -0.1) is 0 Å². The summed E-state index contributed by atoms with van der Waals surface area (Å²) >= 11 is 11.9. The Hall–Kier alpha value is -0.980. The molecule has 1 saturated carbocycles. The number of ether oxygens (including phenoxy) is 1. The van der Waals surface area contributed by atoms with Crippen LogP contribution in [0, 0.1) is 5.41 Å². The van der Waals surface area contributed by atoms with Gasteiger partial charge >= 0.3 is 6.09 Å². The fourth-order valence-electron chi connectivity index (χ4n) is 4.92. The number of imidazole rings is 1. The van der Waals surface area contributed by atoms with Crippen molar-refractivity contribution in [1.29, 1.82) is 0 Å². The van der Waals surface area contributed by atoms with Gasteiger partial charge in [-0.25, -0.2) is 9.78 Å². The summed E-state index contributed by atoms with van der Waals surface area (Å²) in [5.41, 5.74) is 0.330. The first-order chi connectivity index (χ1) is 12.5. The number of nitrogens with zero attached hydrogens (tertiary/aromatic N) is 3. The van der Waals surface area contributed by atoms with E-state index < -0.39 is 0 Å². The number of halogens is 2. The molecule has 3 heterocycles. The summed E-state index contributed by atoms with van der Waals surface area (Å²) < 4.78 is 5.14. The highest BCUT2D eigenvalue weighted by Gasteiger charge is 2.51. The standard InChI is InChI=1S/C18H26Cl2N4O2/c1-2-26-17(25)24-8-5-18(11-24)9-13(10-18)23-6-3-12(4-7-23)16-21-14(19)15(20)22-16/h12-13H,2-11H2,1H3,(H,21,22). The van der Waals surface area contributed by atoms with Gasteiger partial charge in [0, 0.05) is 25.0 Å². The van der Waals surface area contributed by atoms with Crippen LogP contribution in [0.3, 0.4) is 0 Å². The lowest BCUT2D eigenvalue weighted by Crippen LogP contribution is -2.54. The number of aromatic nitrogens is 2. The molecular weight excluding hydrogens is 375 g/mol. The minimum absolute atomic E-state index is 0.149. The second kappa shape index (κ2) is 7.21. The van der Waals surface area contributed by atoms with Crippen LogP contribution in [0.1, 0.15) is 50.8 Å². The van der Waals surface area contributed by atoms with Crippen molar-refractivity contribution in [1.82, 2.24) is 19.8 Å². The van der Waals surface area contributed by atoms with Gasteiger partial charge in [0.05, 0.1) is 6.61 Å². The molecule has 1 spiro atoms. The van der Waals surface area contributed by atoms with Crippen molar-refractivity contribution in [3.8, 4) is 0 Å². The number of likely N-dealkylation sites (tertiary alicyclic amines) is 2. The van der Waals surface area contributed by atoms with Crippen LogP contribution in [0.4, 0.5) is 4.79 Å². The maximum Gasteiger partial charge on any atom is 0.409 e. The molecule has 2 saturated heterocycles. The quantitative estimate of drug-likeness (QED) is 0.835. The van der Waals surface area contributed by atoms with Crippen molar-refractivity contribution in [2.45, 2.75) is 51.0 Å². The van der Waals surface area contributed by atoms with Gasteiger partial charge in [-0.05, 0) is 57.5 Å². The van der Waals surface area contributed by atoms with Crippen LogP contribution < -0.4 is 0 Å². The number of carbonyl (C=O) groups is 1. The summed E-state index contributed by atoms with van der Waals surface area (Å²) in [5.74, 6) is 1.33. The second-order valence-electron chi connectivity index (χ2n) is 7.97. The van der Waals surface area contributed by atoms with Crippen molar-refractivity contribution >= 4 is 29.3 Å². The van der Waals surface area contributed by atoms with Gasteiger partial charge in [0.1, 0.15) is 11.0 Å². The average Bonchev–Trinajstić information content (AvgIpc) is 3.19. The Kier molecular flexibility index (Phi) is 5.10. The van der Waals surface area contributed by atoms with E-state index in [0.29, 0.717) is 34.3 Å². The van der Waals surface area contributed by atoms with Crippen molar-refractivity contribution in [3.63, 3.8) is 0 Å². The Labute approximate surface area is 164 Å². The second-order valence-corrected chi connectivity index (χ2v) is 8.71. The maximum absolute atomic E-state index is 11.9. The highest BCUT2D eigenvalue weighted by molar-refractivity contribution is 6.40. The van der Waals surface area contributed by atoms with Crippen LogP contribution in [-0.4, -0.2) is 64.7 Å². The molecule has 8 heteroatoms. The normalized spacial score (nSPS) is 30.0. The van der Waals surface area contributed by atoms with Crippen LogP contribution in [0.5, 0.6) is 0 Å². The molecule has 0 radical (unpaired) electrons. The molecule has 1 N–H and O–H groups in total. The van der Waals surface area contributed by atoms with Crippen molar-refractivity contribution < 1.29 is 9.53 Å². The molecule has 0 aromatic carbocycles. The summed E-state index contributed by atoms with van der Waals surface area (Å²) in [4.78, 5) is 23.9. The molecule has 1 aliphatic carbocycles. The highest BCUT2D eigenvalue weighted by Crippen LogP contribution is 2.51. The van der Waals surface area contributed by atoms with Crippen LogP contribution in [0.15, 0.2) is 0 Å². The van der Waals surface area contributed by atoms with E-state index in [0.717, 1.165) is 51.3 Å². The maximum atomic E-state index is 11.9. The van der Waals surface area contributed by atoms with E-state index in [-0.39, 0.29) is 6.09 Å². The molecule has 3 aliphatic rings. The number of rotatable bonds is 3.